The molecule has 0 aliphatic heterocycles. The van der Waals surface area contributed by atoms with E-state index in [2.05, 4.69) is 16.4 Å². The zero-order valence-electron chi connectivity index (χ0n) is 12.6. The maximum absolute atomic E-state index is 12.8. The average molecular weight is 328 g/mol. The minimum atomic E-state index is -0.256. The topological polar surface area (TPSA) is 42.0 Å². The van der Waals surface area contributed by atoms with Gasteiger partial charge in [-0.3, -0.25) is 4.79 Å². The first-order valence-corrected chi connectivity index (χ1v) is 8.38. The zero-order valence-corrected chi connectivity index (χ0v) is 13.4. The van der Waals surface area contributed by atoms with E-state index in [1.54, 1.807) is 23.5 Å². The SMILES string of the molecule is O=C(CCc1ccc(F)cc1)NCCc1nc2ccccc2s1. The van der Waals surface area contributed by atoms with Gasteiger partial charge in [-0.15, -0.1) is 11.3 Å². The number of benzene rings is 2. The molecule has 0 saturated carbocycles. The molecule has 0 aliphatic rings. The number of fused-ring (bicyclic) bond motifs is 1. The van der Waals surface area contributed by atoms with Crippen LogP contribution in [0.15, 0.2) is 48.5 Å². The normalized spacial score (nSPS) is 10.8. The van der Waals surface area contributed by atoms with E-state index < -0.39 is 0 Å². The van der Waals surface area contributed by atoms with E-state index in [0.717, 1.165) is 22.5 Å². The Kier molecular flexibility index (Phi) is 4.98. The molecule has 1 heterocycles. The molecule has 5 heteroatoms. The number of amides is 1. The van der Waals surface area contributed by atoms with Crippen LogP contribution in [0.3, 0.4) is 0 Å². The second-order valence-electron chi connectivity index (χ2n) is 5.30. The third-order valence-electron chi connectivity index (χ3n) is 3.55. The fourth-order valence-electron chi connectivity index (χ4n) is 2.33. The third kappa shape index (κ3) is 4.36. The Morgan fingerprint density at radius 2 is 1.87 bits per heavy atom. The summed E-state index contributed by atoms with van der Waals surface area (Å²) in [6.07, 6.45) is 1.76. The molecule has 1 N–H and O–H groups in total. The highest BCUT2D eigenvalue weighted by Gasteiger charge is 2.05. The fourth-order valence-corrected chi connectivity index (χ4v) is 3.30. The number of nitrogens with zero attached hydrogens (tertiary/aromatic N) is 1. The van der Waals surface area contributed by atoms with Gasteiger partial charge in [0.2, 0.25) is 5.91 Å². The smallest absolute Gasteiger partial charge is 0.220 e. The van der Waals surface area contributed by atoms with Gasteiger partial charge in [-0.1, -0.05) is 24.3 Å². The Morgan fingerprint density at radius 3 is 2.65 bits per heavy atom. The standard InChI is InChI=1S/C18H17FN2OS/c19-14-8-5-13(6-9-14)7-10-17(22)20-12-11-18-21-15-3-1-2-4-16(15)23-18/h1-6,8-9H,7,10-12H2,(H,20,22). The number of rotatable bonds is 6. The van der Waals surface area contributed by atoms with Crippen LogP contribution >= 0.6 is 11.3 Å². The lowest BCUT2D eigenvalue weighted by atomic mass is 10.1. The summed E-state index contributed by atoms with van der Waals surface area (Å²) in [6.45, 7) is 0.585. The van der Waals surface area contributed by atoms with Crippen LogP contribution < -0.4 is 5.32 Å². The van der Waals surface area contributed by atoms with E-state index in [4.69, 9.17) is 0 Å². The Balaban J connectivity index is 1.43. The number of para-hydroxylation sites is 1. The van der Waals surface area contributed by atoms with Crippen molar-refractivity contribution in [1.82, 2.24) is 10.3 Å². The van der Waals surface area contributed by atoms with Crippen LogP contribution in [0.2, 0.25) is 0 Å². The molecule has 0 bridgehead atoms. The molecule has 0 radical (unpaired) electrons. The van der Waals surface area contributed by atoms with Crippen LogP contribution in [-0.2, 0) is 17.6 Å². The molecule has 3 aromatic rings. The molecule has 0 saturated heterocycles. The number of aromatic nitrogens is 1. The van der Waals surface area contributed by atoms with Gasteiger partial charge >= 0.3 is 0 Å². The van der Waals surface area contributed by atoms with Crippen LogP contribution in [0.4, 0.5) is 4.39 Å². The number of thiazole rings is 1. The van der Waals surface area contributed by atoms with Crippen LogP contribution in [0.5, 0.6) is 0 Å². The molecule has 0 fully saturated rings. The molecular formula is C18H17FN2OS. The Labute approximate surface area is 138 Å². The largest absolute Gasteiger partial charge is 0.356 e. The lowest BCUT2D eigenvalue weighted by molar-refractivity contribution is -0.121. The summed E-state index contributed by atoms with van der Waals surface area (Å²) in [6, 6.07) is 14.3. The minimum absolute atomic E-state index is 0.00966. The monoisotopic (exact) mass is 328 g/mol. The molecule has 1 aromatic heterocycles. The van der Waals surface area contributed by atoms with E-state index in [1.807, 2.05) is 18.2 Å². The zero-order chi connectivity index (χ0) is 16.1. The molecule has 0 unspecified atom stereocenters. The minimum Gasteiger partial charge on any atom is -0.356 e. The first-order chi connectivity index (χ1) is 11.2. The summed E-state index contributed by atoms with van der Waals surface area (Å²) >= 11 is 1.66. The van der Waals surface area contributed by atoms with Gasteiger partial charge in [-0.25, -0.2) is 9.37 Å². The lowest BCUT2D eigenvalue weighted by Crippen LogP contribution is -2.25. The predicted molar refractivity (Wildman–Crippen MR) is 91.1 cm³/mol. The quantitative estimate of drug-likeness (QED) is 0.749. The molecule has 0 atom stereocenters. The summed E-state index contributed by atoms with van der Waals surface area (Å²) in [5.74, 6) is -0.246. The first kappa shape index (κ1) is 15.6. The number of halogens is 1. The summed E-state index contributed by atoms with van der Waals surface area (Å²) in [5, 5.41) is 3.94. The Bertz CT molecular complexity index is 765. The summed E-state index contributed by atoms with van der Waals surface area (Å²) in [7, 11) is 0. The van der Waals surface area contributed by atoms with Gasteiger partial charge in [0.25, 0.3) is 0 Å². The van der Waals surface area contributed by atoms with Gasteiger partial charge < -0.3 is 5.32 Å². The van der Waals surface area contributed by atoms with Gasteiger partial charge in [0, 0.05) is 19.4 Å². The maximum Gasteiger partial charge on any atom is 0.220 e. The van der Waals surface area contributed by atoms with Crippen molar-refractivity contribution in [2.75, 3.05) is 6.54 Å². The molecule has 0 spiro atoms. The molecule has 0 aliphatic carbocycles. The molecule has 3 nitrogen and oxygen atoms in total. The summed E-state index contributed by atoms with van der Waals surface area (Å²) in [5.41, 5.74) is 1.97. The second kappa shape index (κ2) is 7.33. The highest BCUT2D eigenvalue weighted by molar-refractivity contribution is 7.18. The number of aryl methyl sites for hydroxylation is 1. The highest BCUT2D eigenvalue weighted by atomic mass is 32.1. The number of carbonyl (C=O) groups excluding carboxylic acids is 1. The Hall–Kier alpha value is -2.27. The van der Waals surface area contributed by atoms with Gasteiger partial charge in [0.15, 0.2) is 0 Å². The van der Waals surface area contributed by atoms with Gasteiger partial charge in [-0.2, -0.15) is 0 Å². The molecule has 1 amide bonds. The maximum atomic E-state index is 12.8. The van der Waals surface area contributed by atoms with E-state index in [0.29, 0.717) is 19.4 Å². The summed E-state index contributed by atoms with van der Waals surface area (Å²) in [4.78, 5) is 16.4. The molecular weight excluding hydrogens is 311 g/mol. The van der Waals surface area contributed by atoms with E-state index in [9.17, 15) is 9.18 Å². The van der Waals surface area contributed by atoms with Crippen LogP contribution in [0.1, 0.15) is 17.0 Å². The van der Waals surface area contributed by atoms with Crippen molar-refractivity contribution in [2.24, 2.45) is 0 Å². The summed E-state index contributed by atoms with van der Waals surface area (Å²) < 4.78 is 14.0. The van der Waals surface area contributed by atoms with Crippen molar-refractivity contribution >= 4 is 27.5 Å². The first-order valence-electron chi connectivity index (χ1n) is 7.56. The highest BCUT2D eigenvalue weighted by Crippen LogP contribution is 2.21. The number of nitrogens with one attached hydrogen (secondary N) is 1. The number of hydrogen-bond acceptors (Lipinski definition) is 3. The average Bonchev–Trinajstić information content (AvgIpc) is 2.97. The van der Waals surface area contributed by atoms with Crippen molar-refractivity contribution in [3.63, 3.8) is 0 Å². The fraction of sp³-hybridized carbons (Fsp3) is 0.222. The Morgan fingerprint density at radius 1 is 1.09 bits per heavy atom. The molecule has 3 rings (SSSR count). The van der Waals surface area contributed by atoms with Crippen LogP contribution in [0, 0.1) is 5.82 Å². The second-order valence-corrected chi connectivity index (χ2v) is 6.42. The van der Waals surface area contributed by atoms with Crippen molar-refractivity contribution in [2.45, 2.75) is 19.3 Å². The van der Waals surface area contributed by atoms with Crippen molar-refractivity contribution in [3.8, 4) is 0 Å². The van der Waals surface area contributed by atoms with Gasteiger partial charge in [-0.05, 0) is 36.2 Å². The number of hydrogen-bond donors (Lipinski definition) is 1. The van der Waals surface area contributed by atoms with Crippen molar-refractivity contribution in [1.29, 1.82) is 0 Å². The van der Waals surface area contributed by atoms with Crippen LogP contribution in [0.25, 0.3) is 10.2 Å². The lowest BCUT2D eigenvalue weighted by Gasteiger charge is -2.04. The molecule has 23 heavy (non-hydrogen) atoms. The predicted octanol–water partition coefficient (Wildman–Crippen LogP) is 3.73. The molecule has 118 valence electrons. The third-order valence-corrected chi connectivity index (χ3v) is 4.65. The van der Waals surface area contributed by atoms with E-state index in [1.165, 1.54) is 16.8 Å². The van der Waals surface area contributed by atoms with E-state index in [-0.39, 0.29) is 11.7 Å². The van der Waals surface area contributed by atoms with Gasteiger partial charge in [0.05, 0.1) is 15.2 Å². The molecule has 2 aromatic carbocycles. The van der Waals surface area contributed by atoms with Gasteiger partial charge in [0.1, 0.15) is 5.82 Å². The number of carbonyl (C=O) groups is 1. The van der Waals surface area contributed by atoms with Crippen molar-refractivity contribution in [3.05, 3.63) is 64.9 Å². The van der Waals surface area contributed by atoms with Crippen LogP contribution in [-0.4, -0.2) is 17.4 Å². The van der Waals surface area contributed by atoms with E-state index >= 15 is 0 Å². The van der Waals surface area contributed by atoms with Crippen molar-refractivity contribution < 1.29 is 9.18 Å².